The fraction of sp³-hybridized carbons (Fsp3) is 0.588. The van der Waals surface area contributed by atoms with Gasteiger partial charge in [0.15, 0.2) is 0 Å². The molecule has 3 heteroatoms. The average molecular weight is 272 g/mol. The van der Waals surface area contributed by atoms with Crippen molar-refractivity contribution in [3.05, 3.63) is 35.4 Å². The van der Waals surface area contributed by atoms with Crippen LogP contribution < -0.4 is 5.32 Å². The summed E-state index contributed by atoms with van der Waals surface area (Å²) in [6.07, 6.45) is 4.17. The number of piperidine rings is 1. The molecule has 1 fully saturated rings. The number of hydrogen-bond donors (Lipinski definition) is 1. The predicted molar refractivity (Wildman–Crippen MR) is 80.6 cm³/mol. The number of carbonyl (C=O) groups is 1. The fourth-order valence-electron chi connectivity index (χ4n) is 3.66. The molecule has 0 radical (unpaired) electrons. The van der Waals surface area contributed by atoms with Gasteiger partial charge in [-0.15, -0.1) is 0 Å². The van der Waals surface area contributed by atoms with Gasteiger partial charge >= 0.3 is 0 Å². The summed E-state index contributed by atoms with van der Waals surface area (Å²) in [5, 5.41) is 3.42. The molecule has 1 saturated heterocycles. The lowest BCUT2D eigenvalue weighted by Gasteiger charge is -2.35. The number of likely N-dealkylation sites (N-methyl/N-ethyl adjacent to an activating group) is 1. The Morgan fingerprint density at radius 1 is 1.30 bits per heavy atom. The van der Waals surface area contributed by atoms with Crippen molar-refractivity contribution in [3.8, 4) is 0 Å². The van der Waals surface area contributed by atoms with E-state index in [1.165, 1.54) is 17.5 Å². The van der Waals surface area contributed by atoms with Gasteiger partial charge in [-0.2, -0.15) is 0 Å². The van der Waals surface area contributed by atoms with Crippen molar-refractivity contribution in [1.82, 2.24) is 10.2 Å². The zero-order chi connectivity index (χ0) is 13.9. The number of nitrogens with one attached hydrogen (secondary N) is 1. The van der Waals surface area contributed by atoms with Crippen molar-refractivity contribution < 1.29 is 4.79 Å². The molecule has 0 spiro atoms. The van der Waals surface area contributed by atoms with Crippen LogP contribution in [0, 0.1) is 5.92 Å². The van der Waals surface area contributed by atoms with E-state index in [0.717, 1.165) is 38.9 Å². The molecule has 1 unspecified atom stereocenters. The van der Waals surface area contributed by atoms with E-state index in [2.05, 4.69) is 41.4 Å². The third kappa shape index (κ3) is 2.59. The molecule has 2 aliphatic rings. The lowest BCUT2D eigenvalue weighted by Crippen LogP contribution is -2.50. The van der Waals surface area contributed by atoms with Crippen molar-refractivity contribution in [1.29, 1.82) is 0 Å². The first-order chi connectivity index (χ1) is 9.79. The molecule has 1 heterocycles. The zero-order valence-corrected chi connectivity index (χ0v) is 12.3. The molecule has 1 aliphatic heterocycles. The van der Waals surface area contributed by atoms with Crippen LogP contribution in [0.2, 0.25) is 0 Å². The zero-order valence-electron chi connectivity index (χ0n) is 12.3. The minimum absolute atomic E-state index is 0.161. The highest BCUT2D eigenvalue weighted by atomic mass is 16.2. The summed E-state index contributed by atoms with van der Waals surface area (Å²) in [6, 6.07) is 8.88. The fourth-order valence-corrected chi connectivity index (χ4v) is 3.66. The molecule has 3 nitrogen and oxygen atoms in total. The minimum Gasteiger partial charge on any atom is -0.338 e. The van der Waals surface area contributed by atoms with Crippen LogP contribution in [0.15, 0.2) is 24.3 Å². The van der Waals surface area contributed by atoms with Gasteiger partial charge in [0.05, 0.1) is 0 Å². The molecule has 1 atom stereocenters. The van der Waals surface area contributed by atoms with E-state index in [4.69, 9.17) is 0 Å². The first kappa shape index (κ1) is 13.6. The van der Waals surface area contributed by atoms with Gasteiger partial charge in [-0.3, -0.25) is 4.79 Å². The monoisotopic (exact) mass is 272 g/mol. The number of benzene rings is 1. The quantitative estimate of drug-likeness (QED) is 0.913. The third-order valence-corrected chi connectivity index (χ3v) is 4.74. The van der Waals surface area contributed by atoms with Gasteiger partial charge in [-0.1, -0.05) is 24.3 Å². The number of hydrogen-bond acceptors (Lipinski definition) is 2. The van der Waals surface area contributed by atoms with Gasteiger partial charge in [0.25, 0.3) is 0 Å². The average Bonchev–Trinajstić information content (AvgIpc) is 2.93. The van der Waals surface area contributed by atoms with Crippen LogP contribution in [-0.2, 0) is 17.6 Å². The number of amides is 1. The molecule has 0 saturated carbocycles. The molecule has 3 rings (SSSR count). The van der Waals surface area contributed by atoms with E-state index in [0.29, 0.717) is 11.9 Å². The maximum absolute atomic E-state index is 12.8. The molecular weight excluding hydrogens is 248 g/mol. The van der Waals surface area contributed by atoms with Crippen LogP contribution in [0.3, 0.4) is 0 Å². The van der Waals surface area contributed by atoms with Gasteiger partial charge in [0.1, 0.15) is 0 Å². The van der Waals surface area contributed by atoms with Crippen molar-refractivity contribution in [2.45, 2.75) is 38.6 Å². The predicted octanol–water partition coefficient (Wildman–Crippen LogP) is 2.00. The Labute approximate surface area is 121 Å². The summed E-state index contributed by atoms with van der Waals surface area (Å²) in [4.78, 5) is 15.0. The lowest BCUT2D eigenvalue weighted by molar-refractivity contribution is -0.137. The molecule has 1 aromatic rings. The van der Waals surface area contributed by atoms with Gasteiger partial charge < -0.3 is 10.2 Å². The Morgan fingerprint density at radius 2 is 2.00 bits per heavy atom. The first-order valence-electron chi connectivity index (χ1n) is 7.87. The summed E-state index contributed by atoms with van der Waals surface area (Å²) in [5.74, 6) is 0.520. The smallest absolute Gasteiger partial charge is 0.226 e. The minimum atomic E-state index is 0.161. The standard InChI is InChI=1S/C17H24N2O/c1-2-19(16-8-5-9-18-12-16)17(20)15-10-13-6-3-4-7-14(13)11-15/h3-4,6-7,15-16,18H,2,5,8-12H2,1H3. The van der Waals surface area contributed by atoms with Gasteiger partial charge in [0, 0.05) is 25.0 Å². The third-order valence-electron chi connectivity index (χ3n) is 4.74. The molecule has 20 heavy (non-hydrogen) atoms. The number of rotatable bonds is 3. The Hall–Kier alpha value is -1.35. The van der Waals surface area contributed by atoms with E-state index in [1.807, 2.05) is 0 Å². The van der Waals surface area contributed by atoms with Crippen LogP contribution in [0.1, 0.15) is 30.9 Å². The summed E-state index contributed by atoms with van der Waals surface area (Å²) in [6.45, 7) is 4.99. The molecule has 1 aliphatic carbocycles. The molecule has 0 aromatic heterocycles. The lowest BCUT2D eigenvalue weighted by atomic mass is 10.0. The number of nitrogens with zero attached hydrogens (tertiary/aromatic N) is 1. The highest BCUT2D eigenvalue weighted by Crippen LogP contribution is 2.28. The van der Waals surface area contributed by atoms with E-state index in [-0.39, 0.29) is 5.92 Å². The second kappa shape index (κ2) is 5.96. The van der Waals surface area contributed by atoms with Crippen LogP contribution in [-0.4, -0.2) is 36.5 Å². The Balaban J connectivity index is 1.69. The van der Waals surface area contributed by atoms with E-state index in [1.54, 1.807) is 0 Å². The van der Waals surface area contributed by atoms with E-state index < -0.39 is 0 Å². The first-order valence-corrected chi connectivity index (χ1v) is 7.87. The Morgan fingerprint density at radius 3 is 2.55 bits per heavy atom. The van der Waals surface area contributed by atoms with E-state index in [9.17, 15) is 4.79 Å². The van der Waals surface area contributed by atoms with Crippen molar-refractivity contribution in [3.63, 3.8) is 0 Å². The van der Waals surface area contributed by atoms with Gasteiger partial charge in [-0.25, -0.2) is 0 Å². The maximum atomic E-state index is 12.8. The SMILES string of the molecule is CCN(C(=O)C1Cc2ccccc2C1)C1CCCNC1. The highest BCUT2D eigenvalue weighted by molar-refractivity contribution is 5.80. The van der Waals surface area contributed by atoms with Crippen LogP contribution in [0.5, 0.6) is 0 Å². The molecular formula is C17H24N2O. The number of fused-ring (bicyclic) bond motifs is 1. The number of carbonyl (C=O) groups excluding carboxylic acids is 1. The van der Waals surface area contributed by atoms with Crippen molar-refractivity contribution in [2.24, 2.45) is 5.92 Å². The molecule has 1 N–H and O–H groups in total. The topological polar surface area (TPSA) is 32.3 Å². The highest BCUT2D eigenvalue weighted by Gasteiger charge is 2.33. The summed E-state index contributed by atoms with van der Waals surface area (Å²) >= 11 is 0. The Kier molecular flexibility index (Phi) is 4.06. The molecule has 0 bridgehead atoms. The van der Waals surface area contributed by atoms with Crippen molar-refractivity contribution in [2.75, 3.05) is 19.6 Å². The van der Waals surface area contributed by atoms with Crippen LogP contribution >= 0.6 is 0 Å². The van der Waals surface area contributed by atoms with Gasteiger partial charge in [0.2, 0.25) is 5.91 Å². The second-order valence-corrected chi connectivity index (χ2v) is 6.00. The molecule has 1 amide bonds. The van der Waals surface area contributed by atoms with Crippen LogP contribution in [0.4, 0.5) is 0 Å². The summed E-state index contributed by atoms with van der Waals surface area (Å²) in [5.41, 5.74) is 2.73. The summed E-state index contributed by atoms with van der Waals surface area (Å²) < 4.78 is 0. The molecule has 108 valence electrons. The summed E-state index contributed by atoms with van der Waals surface area (Å²) in [7, 11) is 0. The Bertz CT molecular complexity index is 455. The van der Waals surface area contributed by atoms with Gasteiger partial charge in [-0.05, 0) is 50.3 Å². The van der Waals surface area contributed by atoms with E-state index >= 15 is 0 Å². The largest absolute Gasteiger partial charge is 0.338 e. The molecule has 1 aromatic carbocycles. The van der Waals surface area contributed by atoms with Crippen LogP contribution in [0.25, 0.3) is 0 Å². The normalized spacial score (nSPS) is 22.6. The van der Waals surface area contributed by atoms with Crippen molar-refractivity contribution >= 4 is 5.91 Å². The second-order valence-electron chi connectivity index (χ2n) is 6.00. The maximum Gasteiger partial charge on any atom is 0.226 e.